The van der Waals surface area contributed by atoms with Gasteiger partial charge in [-0.3, -0.25) is 9.69 Å². The molecule has 2 rings (SSSR count). The number of carbonyl (C=O) groups is 1. The predicted octanol–water partition coefficient (Wildman–Crippen LogP) is 1.33. The highest BCUT2D eigenvalue weighted by Gasteiger charge is 2.24. The van der Waals surface area contributed by atoms with Crippen LogP contribution in [0.1, 0.15) is 12.5 Å². The van der Waals surface area contributed by atoms with Gasteiger partial charge in [-0.15, -0.1) is 0 Å². The van der Waals surface area contributed by atoms with Crippen LogP contribution in [0, 0.1) is 11.7 Å². The van der Waals surface area contributed by atoms with Gasteiger partial charge in [-0.25, -0.2) is 4.39 Å². The topological polar surface area (TPSA) is 44.8 Å². The van der Waals surface area contributed by atoms with Crippen LogP contribution in [0.25, 0.3) is 0 Å². The Morgan fingerprint density at radius 2 is 2.04 bits per heavy atom. The Labute approximate surface area is 137 Å². The van der Waals surface area contributed by atoms with Crippen molar-refractivity contribution in [3.63, 3.8) is 0 Å². The van der Waals surface area contributed by atoms with E-state index in [9.17, 15) is 9.18 Å². The molecule has 1 aliphatic heterocycles. The molecule has 1 fully saturated rings. The highest BCUT2D eigenvalue weighted by Crippen LogP contribution is 2.21. The van der Waals surface area contributed by atoms with Gasteiger partial charge in [0.15, 0.2) is 0 Å². The maximum Gasteiger partial charge on any atom is 0.226 e. The smallest absolute Gasteiger partial charge is 0.226 e. The zero-order valence-corrected chi connectivity index (χ0v) is 14.1. The summed E-state index contributed by atoms with van der Waals surface area (Å²) in [5.74, 6) is 0.639. The zero-order valence-electron chi connectivity index (χ0n) is 14.1. The number of benzene rings is 1. The summed E-state index contributed by atoms with van der Waals surface area (Å²) in [5.41, 5.74) is 0.843. The van der Waals surface area contributed by atoms with E-state index in [4.69, 9.17) is 4.74 Å². The number of halogens is 1. The number of piperazine rings is 1. The van der Waals surface area contributed by atoms with Gasteiger partial charge in [-0.1, -0.05) is 6.92 Å². The first kappa shape index (κ1) is 17.7. The SMILES string of the molecule is CNCC(C)C(=O)N1CCN(Cc2cc(F)ccc2OC)CC1. The molecule has 0 saturated carbocycles. The summed E-state index contributed by atoms with van der Waals surface area (Å²) < 4.78 is 18.7. The summed E-state index contributed by atoms with van der Waals surface area (Å²) in [7, 11) is 3.45. The fraction of sp³-hybridized carbons (Fsp3) is 0.588. The van der Waals surface area contributed by atoms with Crippen molar-refractivity contribution >= 4 is 5.91 Å². The van der Waals surface area contributed by atoms with Crippen LogP contribution in [0.4, 0.5) is 4.39 Å². The Hall–Kier alpha value is -1.66. The van der Waals surface area contributed by atoms with E-state index < -0.39 is 0 Å². The van der Waals surface area contributed by atoms with E-state index in [0.29, 0.717) is 31.9 Å². The summed E-state index contributed by atoms with van der Waals surface area (Å²) in [5, 5.41) is 3.04. The standard InChI is InChI=1S/C17H26FN3O2/c1-13(11-19-2)17(22)21-8-6-20(7-9-21)12-14-10-15(18)4-5-16(14)23-3/h4-5,10,13,19H,6-9,11-12H2,1-3H3. The molecule has 1 aromatic rings. The molecule has 0 aliphatic carbocycles. The van der Waals surface area contributed by atoms with Crippen molar-refractivity contribution in [2.75, 3.05) is 46.9 Å². The van der Waals surface area contributed by atoms with Gasteiger partial charge in [0.1, 0.15) is 11.6 Å². The van der Waals surface area contributed by atoms with Crippen LogP contribution in [0.15, 0.2) is 18.2 Å². The second kappa shape index (κ2) is 8.26. The fourth-order valence-corrected chi connectivity index (χ4v) is 2.94. The van der Waals surface area contributed by atoms with Crippen molar-refractivity contribution in [3.05, 3.63) is 29.6 Å². The number of ether oxygens (including phenoxy) is 1. The van der Waals surface area contributed by atoms with E-state index >= 15 is 0 Å². The van der Waals surface area contributed by atoms with Crippen molar-refractivity contribution in [2.24, 2.45) is 5.92 Å². The first-order valence-corrected chi connectivity index (χ1v) is 8.03. The second-order valence-electron chi connectivity index (χ2n) is 6.02. The van der Waals surface area contributed by atoms with Crippen molar-refractivity contribution in [2.45, 2.75) is 13.5 Å². The van der Waals surface area contributed by atoms with Gasteiger partial charge in [0.2, 0.25) is 5.91 Å². The van der Waals surface area contributed by atoms with Crippen molar-refractivity contribution in [1.82, 2.24) is 15.1 Å². The molecule has 1 amide bonds. The minimum atomic E-state index is -0.254. The lowest BCUT2D eigenvalue weighted by atomic mass is 10.1. The van der Waals surface area contributed by atoms with E-state index in [1.807, 2.05) is 18.9 Å². The molecule has 128 valence electrons. The lowest BCUT2D eigenvalue weighted by Gasteiger charge is -2.36. The fourth-order valence-electron chi connectivity index (χ4n) is 2.94. The third-order valence-corrected chi connectivity index (χ3v) is 4.25. The Balaban J connectivity index is 1.90. The molecule has 0 spiro atoms. The van der Waals surface area contributed by atoms with Crippen molar-refractivity contribution in [1.29, 1.82) is 0 Å². The highest BCUT2D eigenvalue weighted by molar-refractivity contribution is 5.78. The molecule has 0 bridgehead atoms. The lowest BCUT2D eigenvalue weighted by molar-refractivity contribution is -0.136. The largest absolute Gasteiger partial charge is 0.496 e. The first-order valence-electron chi connectivity index (χ1n) is 8.03. The lowest BCUT2D eigenvalue weighted by Crippen LogP contribution is -2.50. The van der Waals surface area contributed by atoms with Gasteiger partial charge in [0, 0.05) is 50.7 Å². The quantitative estimate of drug-likeness (QED) is 0.858. The number of nitrogens with zero attached hydrogens (tertiary/aromatic N) is 2. The van der Waals surface area contributed by atoms with E-state index in [1.165, 1.54) is 12.1 Å². The molecular formula is C17H26FN3O2. The summed E-state index contributed by atoms with van der Waals surface area (Å²) in [6.07, 6.45) is 0. The zero-order chi connectivity index (χ0) is 16.8. The van der Waals surface area contributed by atoms with Crippen molar-refractivity contribution in [3.8, 4) is 5.75 Å². The molecule has 6 heteroatoms. The molecule has 1 unspecified atom stereocenters. The summed E-state index contributed by atoms with van der Waals surface area (Å²) in [4.78, 5) is 16.4. The maximum absolute atomic E-state index is 13.4. The van der Waals surface area contributed by atoms with Crippen LogP contribution in [0.5, 0.6) is 5.75 Å². The Morgan fingerprint density at radius 1 is 1.35 bits per heavy atom. The van der Waals surface area contributed by atoms with Gasteiger partial charge in [0.25, 0.3) is 0 Å². The molecular weight excluding hydrogens is 297 g/mol. The Kier molecular flexibility index (Phi) is 6.36. The molecule has 0 radical (unpaired) electrons. The average molecular weight is 323 g/mol. The maximum atomic E-state index is 13.4. The molecule has 1 aromatic carbocycles. The minimum absolute atomic E-state index is 0.00476. The van der Waals surface area contributed by atoms with Crippen molar-refractivity contribution < 1.29 is 13.9 Å². The Morgan fingerprint density at radius 3 is 2.65 bits per heavy atom. The molecule has 0 aromatic heterocycles. The van der Waals surface area contributed by atoms with E-state index in [-0.39, 0.29) is 17.6 Å². The number of amides is 1. The van der Waals surface area contributed by atoms with Crippen LogP contribution in [-0.2, 0) is 11.3 Å². The number of rotatable bonds is 6. The minimum Gasteiger partial charge on any atom is -0.496 e. The Bertz CT molecular complexity index is 531. The molecule has 1 aliphatic rings. The molecule has 1 atom stereocenters. The van der Waals surface area contributed by atoms with Gasteiger partial charge in [0.05, 0.1) is 7.11 Å². The van der Waals surface area contributed by atoms with Gasteiger partial charge in [-0.2, -0.15) is 0 Å². The van der Waals surface area contributed by atoms with Gasteiger partial charge >= 0.3 is 0 Å². The van der Waals surface area contributed by atoms with E-state index in [1.54, 1.807) is 13.2 Å². The van der Waals surface area contributed by atoms with Gasteiger partial charge < -0.3 is 15.0 Å². The number of carbonyl (C=O) groups excluding carboxylic acids is 1. The number of nitrogens with one attached hydrogen (secondary N) is 1. The molecule has 23 heavy (non-hydrogen) atoms. The van der Waals surface area contributed by atoms with Crippen LogP contribution < -0.4 is 10.1 Å². The van der Waals surface area contributed by atoms with Crippen LogP contribution in [0.2, 0.25) is 0 Å². The van der Waals surface area contributed by atoms with Crippen LogP contribution in [0.3, 0.4) is 0 Å². The molecule has 1 heterocycles. The number of hydrogen-bond acceptors (Lipinski definition) is 4. The average Bonchev–Trinajstić information content (AvgIpc) is 2.55. The predicted molar refractivity (Wildman–Crippen MR) is 87.9 cm³/mol. The molecule has 5 nitrogen and oxygen atoms in total. The first-order chi connectivity index (χ1) is 11.0. The number of hydrogen-bond donors (Lipinski definition) is 1. The summed E-state index contributed by atoms with van der Waals surface area (Å²) in [6.45, 7) is 6.28. The van der Waals surface area contributed by atoms with E-state index in [0.717, 1.165) is 18.7 Å². The third-order valence-electron chi connectivity index (χ3n) is 4.25. The highest BCUT2D eigenvalue weighted by atomic mass is 19.1. The third kappa shape index (κ3) is 4.65. The van der Waals surface area contributed by atoms with Crippen LogP contribution >= 0.6 is 0 Å². The summed E-state index contributed by atoms with van der Waals surface area (Å²) >= 11 is 0. The van der Waals surface area contributed by atoms with E-state index in [2.05, 4.69) is 10.2 Å². The normalized spacial score (nSPS) is 17.1. The van der Waals surface area contributed by atoms with Gasteiger partial charge in [-0.05, 0) is 25.2 Å². The second-order valence-corrected chi connectivity index (χ2v) is 6.02. The van der Waals surface area contributed by atoms with Crippen LogP contribution in [-0.4, -0.2) is 62.6 Å². The molecule has 1 saturated heterocycles. The monoisotopic (exact) mass is 323 g/mol. The molecule has 1 N–H and O–H groups in total. The number of methoxy groups -OCH3 is 1. The summed E-state index contributed by atoms with van der Waals surface area (Å²) in [6, 6.07) is 4.58.